The summed E-state index contributed by atoms with van der Waals surface area (Å²) in [6.07, 6.45) is 15.5. The second-order valence-electron chi connectivity index (χ2n) is 4.85. The molecule has 3 rings (SSSR count). The maximum Gasteiger partial charge on any atom is 0.00585 e. The van der Waals surface area contributed by atoms with Crippen molar-refractivity contribution in [1.82, 2.24) is 0 Å². The van der Waals surface area contributed by atoms with Crippen molar-refractivity contribution in [3.63, 3.8) is 0 Å². The van der Waals surface area contributed by atoms with Gasteiger partial charge >= 0.3 is 0 Å². The van der Waals surface area contributed by atoms with Crippen molar-refractivity contribution >= 4 is 0 Å². The maximum atomic E-state index is 2.35. The van der Waals surface area contributed by atoms with Crippen LogP contribution in [0.25, 0.3) is 0 Å². The molecule has 0 nitrogen and oxygen atoms in total. The van der Waals surface area contributed by atoms with Gasteiger partial charge < -0.3 is 0 Å². The van der Waals surface area contributed by atoms with Gasteiger partial charge in [0.05, 0.1) is 0 Å². The first-order valence-corrected chi connectivity index (χ1v) is 6.39. The predicted octanol–water partition coefficient (Wildman–Crippen LogP) is 4.17. The van der Waals surface area contributed by atoms with Crippen LogP contribution in [0.4, 0.5) is 0 Å². The normalized spacial score (nSPS) is 23.1. The van der Waals surface area contributed by atoms with Gasteiger partial charge in [0.2, 0.25) is 0 Å². The van der Waals surface area contributed by atoms with Crippen LogP contribution in [0.5, 0.6) is 0 Å². The van der Waals surface area contributed by atoms with Crippen LogP contribution in [0.2, 0.25) is 0 Å². The van der Waals surface area contributed by atoms with Gasteiger partial charge in [0.1, 0.15) is 0 Å². The molecule has 0 aliphatic heterocycles. The molecule has 16 heavy (non-hydrogen) atoms. The van der Waals surface area contributed by atoms with E-state index in [2.05, 4.69) is 42.5 Å². The Balaban J connectivity index is 2.00. The van der Waals surface area contributed by atoms with E-state index in [0.29, 0.717) is 5.92 Å². The molecule has 0 saturated carbocycles. The van der Waals surface area contributed by atoms with E-state index in [9.17, 15) is 0 Å². The summed E-state index contributed by atoms with van der Waals surface area (Å²) in [6.45, 7) is 0. The molecule has 0 radical (unpaired) electrons. The minimum Gasteiger partial charge on any atom is -0.0836 e. The zero-order valence-electron chi connectivity index (χ0n) is 9.65. The topological polar surface area (TPSA) is 0 Å². The number of rotatable bonds is 1. The molecule has 0 aromatic heterocycles. The molecule has 0 amide bonds. The Hall–Kier alpha value is -1.30. The van der Waals surface area contributed by atoms with Crippen LogP contribution in [0.15, 0.2) is 42.5 Å². The van der Waals surface area contributed by atoms with Crippen LogP contribution in [-0.4, -0.2) is 0 Å². The lowest BCUT2D eigenvalue weighted by Crippen LogP contribution is -2.09. The molecule has 0 saturated heterocycles. The molecular weight excluding hydrogens is 192 g/mol. The highest BCUT2D eigenvalue weighted by molar-refractivity contribution is 5.42. The summed E-state index contributed by atoms with van der Waals surface area (Å²) in [5.74, 6) is 0.623. The SMILES string of the molecule is C1=CCC(c2cccc3c2CCCC3)C=C1. The molecule has 0 bridgehead atoms. The molecule has 0 fully saturated rings. The lowest BCUT2D eigenvalue weighted by Gasteiger charge is -2.23. The van der Waals surface area contributed by atoms with Crippen LogP contribution >= 0.6 is 0 Å². The molecule has 2 aliphatic carbocycles. The first kappa shape index (κ1) is 9.89. The van der Waals surface area contributed by atoms with E-state index < -0.39 is 0 Å². The van der Waals surface area contributed by atoms with Gasteiger partial charge in [-0.05, 0) is 48.8 Å². The quantitative estimate of drug-likeness (QED) is 0.652. The lowest BCUT2D eigenvalue weighted by molar-refractivity contribution is 0.671. The highest BCUT2D eigenvalue weighted by Crippen LogP contribution is 2.32. The smallest absolute Gasteiger partial charge is 0.00585 e. The highest BCUT2D eigenvalue weighted by Gasteiger charge is 2.17. The molecule has 0 N–H and O–H groups in total. The standard InChI is InChI=1S/C16H18/c1-2-7-13(8-3-1)16-12-6-10-14-9-4-5-11-15(14)16/h1-3,6-7,10,12-13H,4-5,8-9,11H2. The molecule has 1 unspecified atom stereocenters. The minimum atomic E-state index is 0.623. The molecule has 1 atom stereocenters. The largest absolute Gasteiger partial charge is 0.0836 e. The molecular formula is C16H18. The van der Waals surface area contributed by atoms with Gasteiger partial charge in [-0.3, -0.25) is 0 Å². The summed E-state index contributed by atoms with van der Waals surface area (Å²) in [7, 11) is 0. The predicted molar refractivity (Wildman–Crippen MR) is 68.7 cm³/mol. The number of benzene rings is 1. The fourth-order valence-corrected chi connectivity index (χ4v) is 2.97. The van der Waals surface area contributed by atoms with Crippen molar-refractivity contribution in [3.8, 4) is 0 Å². The molecule has 0 heterocycles. The van der Waals surface area contributed by atoms with E-state index >= 15 is 0 Å². The van der Waals surface area contributed by atoms with Crippen LogP contribution < -0.4 is 0 Å². The van der Waals surface area contributed by atoms with Gasteiger partial charge in [0.15, 0.2) is 0 Å². The Morgan fingerprint density at radius 2 is 1.94 bits per heavy atom. The van der Waals surface area contributed by atoms with E-state index in [4.69, 9.17) is 0 Å². The first-order valence-electron chi connectivity index (χ1n) is 6.39. The Morgan fingerprint density at radius 3 is 2.81 bits per heavy atom. The molecule has 1 aromatic rings. The Bertz CT molecular complexity index is 437. The van der Waals surface area contributed by atoms with E-state index in [1.54, 1.807) is 16.7 Å². The van der Waals surface area contributed by atoms with Gasteiger partial charge in [-0.2, -0.15) is 0 Å². The Kier molecular flexibility index (Phi) is 2.65. The fraction of sp³-hybridized carbons (Fsp3) is 0.375. The molecule has 82 valence electrons. The van der Waals surface area contributed by atoms with Crippen molar-refractivity contribution in [2.75, 3.05) is 0 Å². The summed E-state index contributed by atoms with van der Waals surface area (Å²) < 4.78 is 0. The molecule has 2 aliphatic rings. The van der Waals surface area contributed by atoms with Crippen LogP contribution in [0.1, 0.15) is 41.9 Å². The average molecular weight is 210 g/mol. The highest BCUT2D eigenvalue weighted by atomic mass is 14.2. The van der Waals surface area contributed by atoms with Crippen molar-refractivity contribution < 1.29 is 0 Å². The molecule has 0 heteroatoms. The van der Waals surface area contributed by atoms with Gasteiger partial charge in [-0.1, -0.05) is 42.5 Å². The van der Waals surface area contributed by atoms with Gasteiger partial charge in [-0.15, -0.1) is 0 Å². The van der Waals surface area contributed by atoms with Gasteiger partial charge in [0.25, 0.3) is 0 Å². The third-order valence-electron chi connectivity index (χ3n) is 3.81. The van der Waals surface area contributed by atoms with Gasteiger partial charge in [0, 0.05) is 5.92 Å². The summed E-state index contributed by atoms with van der Waals surface area (Å²) in [6, 6.07) is 6.89. The van der Waals surface area contributed by atoms with Crippen molar-refractivity contribution in [1.29, 1.82) is 0 Å². The summed E-state index contributed by atoms with van der Waals surface area (Å²) >= 11 is 0. The Labute approximate surface area is 97.7 Å². The number of hydrogen-bond acceptors (Lipinski definition) is 0. The monoisotopic (exact) mass is 210 g/mol. The van der Waals surface area contributed by atoms with Crippen LogP contribution in [0.3, 0.4) is 0 Å². The summed E-state index contributed by atoms with van der Waals surface area (Å²) in [5, 5.41) is 0. The van der Waals surface area contributed by atoms with Crippen molar-refractivity contribution in [2.45, 2.75) is 38.0 Å². The minimum absolute atomic E-state index is 0.623. The number of hydrogen-bond donors (Lipinski definition) is 0. The van der Waals surface area contributed by atoms with E-state index in [-0.39, 0.29) is 0 Å². The molecule has 0 spiro atoms. The number of allylic oxidation sites excluding steroid dienone is 4. The zero-order chi connectivity index (χ0) is 10.8. The second kappa shape index (κ2) is 4.29. The summed E-state index contributed by atoms with van der Waals surface area (Å²) in [4.78, 5) is 0. The van der Waals surface area contributed by atoms with Crippen molar-refractivity contribution in [2.24, 2.45) is 0 Å². The zero-order valence-corrected chi connectivity index (χ0v) is 9.65. The van der Waals surface area contributed by atoms with E-state index in [1.807, 2.05) is 0 Å². The van der Waals surface area contributed by atoms with Gasteiger partial charge in [-0.25, -0.2) is 0 Å². The second-order valence-corrected chi connectivity index (χ2v) is 4.85. The van der Waals surface area contributed by atoms with Crippen LogP contribution in [0, 0.1) is 0 Å². The fourth-order valence-electron chi connectivity index (χ4n) is 2.97. The first-order chi connectivity index (χ1) is 7.95. The maximum absolute atomic E-state index is 2.35. The summed E-state index contributed by atoms with van der Waals surface area (Å²) in [5.41, 5.74) is 4.84. The van der Waals surface area contributed by atoms with E-state index in [0.717, 1.165) is 0 Å². The number of fused-ring (bicyclic) bond motifs is 1. The third-order valence-corrected chi connectivity index (χ3v) is 3.81. The van der Waals surface area contributed by atoms with E-state index in [1.165, 1.54) is 32.1 Å². The van der Waals surface area contributed by atoms with Crippen LogP contribution in [-0.2, 0) is 12.8 Å². The molecule has 1 aromatic carbocycles. The third kappa shape index (κ3) is 1.73. The lowest BCUT2D eigenvalue weighted by atomic mass is 9.82. The number of aryl methyl sites for hydroxylation is 1. The Morgan fingerprint density at radius 1 is 1.00 bits per heavy atom. The average Bonchev–Trinajstić information content (AvgIpc) is 2.39. The van der Waals surface area contributed by atoms with Crippen molar-refractivity contribution in [3.05, 3.63) is 59.2 Å².